The van der Waals surface area contributed by atoms with Crippen LogP contribution in [0, 0.1) is 0 Å². The molecule has 394 valence electrons. The summed E-state index contributed by atoms with van der Waals surface area (Å²) in [5.41, 5.74) is -11.2. The summed E-state index contributed by atoms with van der Waals surface area (Å²) in [4.78, 5) is 58.3. The number of carbonyl (C=O) groups is 4. The van der Waals surface area contributed by atoms with Gasteiger partial charge in [-0.3, -0.25) is 0 Å². The van der Waals surface area contributed by atoms with Crippen LogP contribution in [0.15, 0.2) is 42.5 Å². The van der Waals surface area contributed by atoms with Gasteiger partial charge in [0.25, 0.3) is 0 Å². The Morgan fingerprint density at radius 1 is 0.382 bits per heavy atom. The number of rotatable bonds is 3. The summed E-state index contributed by atoms with van der Waals surface area (Å²) in [7, 11) is 0. The lowest BCUT2D eigenvalue weighted by atomic mass is 9.73. The fourth-order valence-corrected chi connectivity index (χ4v) is 9.89. The van der Waals surface area contributed by atoms with Gasteiger partial charge in [0.05, 0.1) is 34.3 Å². The molecule has 0 spiro atoms. The molecule has 0 fully saturated rings. The predicted octanol–water partition coefficient (Wildman–Crippen LogP) is 2.31. The van der Waals surface area contributed by atoms with Crippen molar-refractivity contribution in [1.82, 2.24) is 0 Å². The number of aliphatic hydroxyl groups excluding tert-OH is 2. The van der Waals surface area contributed by atoms with Crippen LogP contribution in [-0.4, -0.2) is 153 Å². The van der Waals surface area contributed by atoms with Crippen molar-refractivity contribution < 1.29 is 135 Å². The summed E-state index contributed by atoms with van der Waals surface area (Å²) in [6.07, 6.45) is -14.6. The van der Waals surface area contributed by atoms with Crippen LogP contribution in [0.1, 0.15) is 75.7 Å². The fourth-order valence-electron chi connectivity index (χ4n) is 9.89. The summed E-state index contributed by atoms with van der Waals surface area (Å²) in [6.45, 7) is -1.44. The van der Waals surface area contributed by atoms with Crippen molar-refractivity contribution >= 4 is 23.9 Å². The molecule has 27 nitrogen and oxygen atoms in total. The maximum atomic E-state index is 14.8. The Morgan fingerprint density at radius 3 is 1.43 bits per heavy atom. The third-order valence-corrected chi connectivity index (χ3v) is 13.4. The largest absolute Gasteiger partial charge is 0.507 e. The van der Waals surface area contributed by atoms with Gasteiger partial charge < -0.3 is 116 Å². The molecule has 4 aliphatic rings. The van der Waals surface area contributed by atoms with E-state index < -0.39 is 233 Å². The van der Waals surface area contributed by atoms with Crippen molar-refractivity contribution in [2.45, 2.75) is 49.0 Å². The van der Waals surface area contributed by atoms with Gasteiger partial charge in [0.15, 0.2) is 75.8 Å². The molecule has 0 amide bonds. The molecule has 27 heteroatoms. The van der Waals surface area contributed by atoms with Crippen molar-refractivity contribution in [2.24, 2.45) is 0 Å². The Morgan fingerprint density at radius 2 is 0.882 bits per heavy atom. The molecule has 0 aromatic heterocycles. The summed E-state index contributed by atoms with van der Waals surface area (Å²) in [5, 5.41) is 200. The molecule has 0 radical (unpaired) electrons. The van der Waals surface area contributed by atoms with Gasteiger partial charge in [-0.25, -0.2) is 19.2 Å². The van der Waals surface area contributed by atoms with Crippen LogP contribution in [0.2, 0.25) is 0 Å². The molecular weight excluding hydrogens is 1020 g/mol. The topological polar surface area (TPSA) is 479 Å². The monoisotopic (exact) mass is 1060 g/mol. The normalized spacial score (nSPS) is 21.7. The number of cyclic esters (lactones) is 3. The first-order valence-corrected chi connectivity index (χ1v) is 21.9. The zero-order valence-corrected chi connectivity index (χ0v) is 37.7. The number of carbonyl (C=O) groups excluding carboxylic acids is 4. The number of aliphatic hydroxyl groups is 2. The minimum Gasteiger partial charge on any atom is -0.507 e. The van der Waals surface area contributed by atoms with E-state index in [2.05, 4.69) is 0 Å². The van der Waals surface area contributed by atoms with Crippen LogP contribution in [-0.2, 0) is 25.4 Å². The Bertz CT molecular complexity index is 3600. The Labute approximate surface area is 420 Å². The molecule has 0 saturated carbocycles. The number of esters is 4. The second-order valence-electron chi connectivity index (χ2n) is 17.7. The van der Waals surface area contributed by atoms with E-state index in [4.69, 9.17) is 23.7 Å². The second kappa shape index (κ2) is 17.2. The minimum absolute atomic E-state index is 0.0770. The number of ether oxygens (including phenoxy) is 5. The van der Waals surface area contributed by atoms with Gasteiger partial charge in [0.2, 0.25) is 23.0 Å². The number of phenolic OH excluding ortho intramolecular Hbond substituents is 16. The Hall–Kier alpha value is -10.3. The van der Waals surface area contributed by atoms with Crippen molar-refractivity contribution in [3.8, 4) is 120 Å². The number of aromatic hydroxyl groups is 16. The van der Waals surface area contributed by atoms with Gasteiger partial charge in [-0.15, -0.1) is 0 Å². The van der Waals surface area contributed by atoms with E-state index in [1.807, 2.05) is 0 Å². The molecule has 10 rings (SSSR count). The summed E-state index contributed by atoms with van der Waals surface area (Å²) >= 11 is 0. The van der Waals surface area contributed by atoms with Gasteiger partial charge in [0.1, 0.15) is 36.1 Å². The standard InChI is InChI=1S/C49H36O27/c50-15-2-1-10(3-17(15)52)41-22(57)4-11-16(51)8-18(53)27(42(11)73-41)30-29-31-28(38(65)40(67)39(29)66)26-14(7-21(56)34(61)37(26)64)48(70)76-45(44(30)75-49(31)71)43-23(58)9-72-46(68)12-5-19(54)32(59)35(62)24(12)25-13(47(69)74-43)6-20(55)33(60)36(25)63/h1-3,5-8,22-23,30,41,43-45,50-67H,4,9H2/t22-,23-,30-,41-,43-,44+,45+/m1/s1. The van der Waals surface area contributed by atoms with E-state index in [0.717, 1.165) is 12.1 Å². The van der Waals surface area contributed by atoms with Crippen LogP contribution in [0.25, 0.3) is 22.3 Å². The van der Waals surface area contributed by atoms with Crippen molar-refractivity contribution in [2.75, 3.05) is 6.61 Å². The second-order valence-corrected chi connectivity index (χ2v) is 17.7. The molecule has 6 aromatic carbocycles. The maximum Gasteiger partial charge on any atom is 0.339 e. The third-order valence-electron chi connectivity index (χ3n) is 13.4. The number of hydrogen-bond donors (Lipinski definition) is 18. The average Bonchev–Trinajstić information content (AvgIpc) is 3.46. The van der Waals surface area contributed by atoms with Crippen molar-refractivity contribution in [3.63, 3.8) is 0 Å². The number of fused-ring (bicyclic) bond motifs is 8. The number of phenols is 16. The van der Waals surface area contributed by atoms with Gasteiger partial charge >= 0.3 is 23.9 Å². The summed E-state index contributed by atoms with van der Waals surface area (Å²) < 4.78 is 29.1. The molecule has 7 atom stereocenters. The molecule has 4 aliphatic heterocycles. The predicted molar refractivity (Wildman–Crippen MR) is 242 cm³/mol. The molecule has 76 heavy (non-hydrogen) atoms. The third kappa shape index (κ3) is 7.11. The van der Waals surface area contributed by atoms with E-state index in [-0.39, 0.29) is 11.1 Å². The molecule has 18 N–H and O–H groups in total. The zero-order chi connectivity index (χ0) is 55.0. The van der Waals surface area contributed by atoms with Crippen LogP contribution < -0.4 is 4.74 Å². The van der Waals surface area contributed by atoms with Crippen molar-refractivity contribution in [3.05, 3.63) is 87.0 Å². The highest BCUT2D eigenvalue weighted by molar-refractivity contribution is 6.11. The summed E-state index contributed by atoms with van der Waals surface area (Å²) in [5.74, 6) is -30.6. The highest BCUT2D eigenvalue weighted by Crippen LogP contribution is 2.62. The first-order chi connectivity index (χ1) is 35.8. The number of hydrogen-bond acceptors (Lipinski definition) is 27. The van der Waals surface area contributed by atoms with E-state index in [9.17, 15) is 111 Å². The first kappa shape index (κ1) is 49.3. The Balaban J connectivity index is 1.28. The minimum atomic E-state index is -2.77. The van der Waals surface area contributed by atoms with E-state index in [1.54, 1.807) is 0 Å². The molecule has 2 bridgehead atoms. The SMILES string of the molecule is O=C1OC[C@@H](O)[C@H]([C@@H]2OC(=O)c3cc(O)c(O)c(O)c3-c3c(O)c(O)c(O)c4c3C(=O)O[C@H]2[C@@H]4c2c(O)cc(O)c3c2O[C@H](c2ccc(O)c(O)c2)[C@H](O)C3)OC(=O)c2cc(O)c(O)c(O)c2-c2c1cc(O)c(O)c2O. The van der Waals surface area contributed by atoms with Gasteiger partial charge in [-0.2, -0.15) is 0 Å². The van der Waals surface area contributed by atoms with Crippen molar-refractivity contribution in [1.29, 1.82) is 0 Å². The fraction of sp³-hybridized carbons (Fsp3) is 0.184. The Kier molecular flexibility index (Phi) is 11.1. The van der Waals surface area contributed by atoms with E-state index in [0.29, 0.717) is 24.3 Å². The lowest BCUT2D eigenvalue weighted by Gasteiger charge is -2.43. The van der Waals surface area contributed by atoms with Crippen LogP contribution in [0.5, 0.6) is 97.7 Å². The molecule has 0 unspecified atom stereocenters. The lowest BCUT2D eigenvalue weighted by molar-refractivity contribution is -0.133. The van der Waals surface area contributed by atoms with Gasteiger partial charge in [-0.1, -0.05) is 6.07 Å². The first-order valence-electron chi connectivity index (χ1n) is 21.9. The van der Waals surface area contributed by atoms with E-state index >= 15 is 0 Å². The van der Waals surface area contributed by atoms with Gasteiger partial charge in [0, 0.05) is 51.4 Å². The van der Waals surface area contributed by atoms with Gasteiger partial charge in [-0.05, 0) is 35.9 Å². The van der Waals surface area contributed by atoms with Crippen LogP contribution >= 0.6 is 0 Å². The zero-order valence-electron chi connectivity index (χ0n) is 37.7. The summed E-state index contributed by atoms with van der Waals surface area (Å²) in [6, 6.07) is 5.02. The lowest BCUT2D eigenvalue weighted by Crippen LogP contribution is -2.55. The number of benzene rings is 6. The molecule has 0 aliphatic carbocycles. The quantitative estimate of drug-likeness (QED) is 0.0687. The molecule has 6 aromatic rings. The highest BCUT2D eigenvalue weighted by Gasteiger charge is 2.56. The van der Waals surface area contributed by atoms with Crippen LogP contribution in [0.4, 0.5) is 0 Å². The molecule has 0 saturated heterocycles. The smallest absolute Gasteiger partial charge is 0.339 e. The average molecular weight is 1060 g/mol. The van der Waals surface area contributed by atoms with E-state index in [1.165, 1.54) is 6.07 Å². The molecular formula is C49H36O27. The highest BCUT2D eigenvalue weighted by atomic mass is 16.6. The van der Waals surface area contributed by atoms with Crippen LogP contribution in [0.3, 0.4) is 0 Å². The maximum absolute atomic E-state index is 14.8. The molecule has 4 heterocycles.